The second kappa shape index (κ2) is 4.03. The highest BCUT2D eigenvalue weighted by Gasteiger charge is 2.02. The normalized spacial score (nSPS) is 9.58. The number of thiocarbonyl (C=S) groups is 1. The predicted molar refractivity (Wildman–Crippen MR) is 53.5 cm³/mol. The molecule has 0 spiro atoms. The van der Waals surface area contributed by atoms with Gasteiger partial charge in [0.25, 0.3) is 0 Å². The molecule has 1 aromatic carbocycles. The molecule has 0 atom stereocenters. The van der Waals surface area contributed by atoms with Crippen LogP contribution in [0, 0.1) is 5.82 Å². The van der Waals surface area contributed by atoms with Gasteiger partial charge in [-0.1, -0.05) is 23.2 Å². The molecule has 1 aromatic rings. The smallest absolute Gasteiger partial charge is 0.171 e. The summed E-state index contributed by atoms with van der Waals surface area (Å²) in [6, 6.07) is 4.19. The van der Waals surface area contributed by atoms with Gasteiger partial charge in [-0.15, -0.1) is 0 Å². The Kier molecular flexibility index (Phi) is 3.26. The Morgan fingerprint density at radius 1 is 1.50 bits per heavy atom. The van der Waals surface area contributed by atoms with Crippen LogP contribution in [0.2, 0.25) is 5.02 Å². The fourth-order valence-electron chi connectivity index (χ4n) is 0.697. The Morgan fingerprint density at radius 2 is 2.17 bits per heavy atom. The van der Waals surface area contributed by atoms with Crippen LogP contribution in [0.4, 0.5) is 10.1 Å². The van der Waals surface area contributed by atoms with Crippen LogP contribution in [-0.2, 0) is 0 Å². The van der Waals surface area contributed by atoms with Crippen LogP contribution < -0.4 is 5.32 Å². The first kappa shape index (κ1) is 9.71. The van der Waals surface area contributed by atoms with Gasteiger partial charge in [-0.05, 0) is 30.4 Å². The van der Waals surface area contributed by atoms with Crippen molar-refractivity contribution < 1.29 is 4.39 Å². The van der Waals surface area contributed by atoms with Crippen molar-refractivity contribution >= 4 is 45.6 Å². The lowest BCUT2D eigenvalue weighted by Crippen LogP contribution is -2.02. The monoisotopic (exact) mass is 223 g/mol. The number of halogens is 3. The second-order valence-electron chi connectivity index (χ2n) is 2.02. The average molecular weight is 224 g/mol. The first-order valence-electron chi connectivity index (χ1n) is 3.01. The van der Waals surface area contributed by atoms with Gasteiger partial charge in [-0.2, -0.15) is 0 Å². The molecule has 0 radical (unpaired) electrons. The van der Waals surface area contributed by atoms with Gasteiger partial charge < -0.3 is 5.32 Å². The van der Waals surface area contributed by atoms with E-state index in [-0.39, 0.29) is 10.1 Å². The number of rotatable bonds is 1. The molecule has 0 heterocycles. The SMILES string of the molecule is Fc1cc(Cl)ccc1NC(=S)Cl. The second-order valence-corrected chi connectivity index (χ2v) is 3.47. The van der Waals surface area contributed by atoms with Crippen molar-refractivity contribution in [1.82, 2.24) is 0 Å². The highest BCUT2D eigenvalue weighted by Crippen LogP contribution is 2.19. The quantitative estimate of drug-likeness (QED) is 0.445. The molecule has 1 N–H and O–H groups in total. The van der Waals surface area contributed by atoms with Crippen LogP contribution >= 0.6 is 35.4 Å². The standard InChI is InChI=1S/C7H4Cl2FNS/c8-4-1-2-6(5(10)3-4)11-7(9)12/h1-3H,(H,11,12). The van der Waals surface area contributed by atoms with Gasteiger partial charge >= 0.3 is 0 Å². The number of anilines is 1. The molecule has 5 heteroatoms. The Morgan fingerprint density at radius 3 is 2.67 bits per heavy atom. The molecule has 0 aromatic heterocycles. The van der Waals surface area contributed by atoms with Crippen LogP contribution in [-0.4, -0.2) is 4.45 Å². The number of hydrogen-bond donors (Lipinski definition) is 1. The maximum Gasteiger partial charge on any atom is 0.171 e. The Balaban J connectivity index is 2.93. The third-order valence-electron chi connectivity index (χ3n) is 1.16. The summed E-state index contributed by atoms with van der Waals surface area (Å²) in [7, 11) is 0. The molecule has 0 fully saturated rings. The van der Waals surface area contributed by atoms with Crippen molar-refractivity contribution in [1.29, 1.82) is 0 Å². The minimum Gasteiger partial charge on any atom is -0.335 e. The summed E-state index contributed by atoms with van der Waals surface area (Å²) >= 11 is 15.4. The molecule has 0 aliphatic heterocycles. The number of benzene rings is 1. The maximum atomic E-state index is 12.9. The van der Waals surface area contributed by atoms with E-state index in [2.05, 4.69) is 17.5 Å². The van der Waals surface area contributed by atoms with Gasteiger partial charge in [0.05, 0.1) is 5.69 Å². The molecule has 12 heavy (non-hydrogen) atoms. The molecule has 64 valence electrons. The lowest BCUT2D eigenvalue weighted by molar-refractivity contribution is 0.632. The summed E-state index contributed by atoms with van der Waals surface area (Å²) in [5, 5.41) is 2.80. The molecular weight excluding hydrogens is 220 g/mol. The van der Waals surface area contributed by atoms with Crippen molar-refractivity contribution in [2.24, 2.45) is 0 Å². The van der Waals surface area contributed by atoms with E-state index in [0.717, 1.165) is 0 Å². The van der Waals surface area contributed by atoms with Gasteiger partial charge in [0, 0.05) is 5.02 Å². The summed E-state index contributed by atoms with van der Waals surface area (Å²) < 4.78 is 12.9. The lowest BCUT2D eigenvalue weighted by atomic mass is 10.3. The van der Waals surface area contributed by atoms with Gasteiger partial charge in [-0.25, -0.2) is 4.39 Å². The van der Waals surface area contributed by atoms with Crippen LogP contribution in [0.5, 0.6) is 0 Å². The minimum absolute atomic E-state index is 0.00350. The minimum atomic E-state index is -0.481. The van der Waals surface area contributed by atoms with Crippen LogP contribution in [0.25, 0.3) is 0 Å². The summed E-state index contributed by atoms with van der Waals surface area (Å²) in [6.07, 6.45) is 0. The van der Waals surface area contributed by atoms with E-state index in [1.807, 2.05) is 0 Å². The Bertz CT molecular complexity index is 316. The van der Waals surface area contributed by atoms with Crippen LogP contribution in [0.15, 0.2) is 18.2 Å². The average Bonchev–Trinajstić information content (AvgIpc) is 1.94. The van der Waals surface area contributed by atoms with E-state index in [0.29, 0.717) is 5.02 Å². The summed E-state index contributed by atoms with van der Waals surface area (Å²) in [6.45, 7) is 0. The molecular formula is C7H4Cl2FNS. The first-order valence-corrected chi connectivity index (χ1v) is 4.17. The zero-order chi connectivity index (χ0) is 9.14. The highest BCUT2D eigenvalue weighted by molar-refractivity contribution is 7.83. The van der Waals surface area contributed by atoms with Crippen molar-refractivity contribution in [3.8, 4) is 0 Å². The molecule has 0 amide bonds. The molecule has 0 aliphatic carbocycles. The van der Waals surface area contributed by atoms with Crippen molar-refractivity contribution in [2.75, 3.05) is 5.32 Å². The topological polar surface area (TPSA) is 12.0 Å². The van der Waals surface area contributed by atoms with Crippen molar-refractivity contribution in [3.05, 3.63) is 29.0 Å². The van der Waals surface area contributed by atoms with Crippen molar-refractivity contribution in [3.63, 3.8) is 0 Å². The number of nitrogens with one attached hydrogen (secondary N) is 1. The fraction of sp³-hybridized carbons (Fsp3) is 0. The van der Waals surface area contributed by atoms with Gasteiger partial charge in [0.1, 0.15) is 5.82 Å². The van der Waals surface area contributed by atoms with E-state index >= 15 is 0 Å². The summed E-state index contributed by atoms with van der Waals surface area (Å²) in [5.74, 6) is -0.481. The third kappa shape index (κ3) is 2.59. The largest absolute Gasteiger partial charge is 0.335 e. The predicted octanol–water partition coefficient (Wildman–Crippen LogP) is 3.41. The van der Waals surface area contributed by atoms with E-state index in [4.69, 9.17) is 23.2 Å². The molecule has 1 rings (SSSR count). The first-order chi connectivity index (χ1) is 5.59. The molecule has 0 aliphatic rings. The zero-order valence-electron chi connectivity index (χ0n) is 5.77. The lowest BCUT2D eigenvalue weighted by Gasteiger charge is -2.03. The Labute approximate surface area is 84.5 Å². The molecule has 0 saturated carbocycles. The van der Waals surface area contributed by atoms with Gasteiger partial charge in [0.2, 0.25) is 0 Å². The van der Waals surface area contributed by atoms with E-state index < -0.39 is 5.82 Å². The Hall–Kier alpha value is -0.380. The molecule has 1 nitrogen and oxygen atoms in total. The van der Waals surface area contributed by atoms with Crippen LogP contribution in [0.1, 0.15) is 0 Å². The molecule has 0 bridgehead atoms. The van der Waals surface area contributed by atoms with Gasteiger partial charge in [0.15, 0.2) is 4.45 Å². The van der Waals surface area contributed by atoms with E-state index in [1.54, 1.807) is 6.07 Å². The fourth-order valence-corrected chi connectivity index (χ4v) is 1.07. The van der Waals surface area contributed by atoms with Gasteiger partial charge in [-0.3, -0.25) is 0 Å². The highest BCUT2D eigenvalue weighted by atomic mass is 35.5. The van der Waals surface area contributed by atoms with Crippen molar-refractivity contribution in [2.45, 2.75) is 0 Å². The molecule has 0 saturated heterocycles. The maximum absolute atomic E-state index is 12.9. The zero-order valence-corrected chi connectivity index (χ0v) is 8.10. The van der Waals surface area contributed by atoms with E-state index in [9.17, 15) is 4.39 Å². The number of hydrogen-bond acceptors (Lipinski definition) is 1. The third-order valence-corrected chi connectivity index (χ3v) is 1.60. The van der Waals surface area contributed by atoms with Crippen LogP contribution in [0.3, 0.4) is 0 Å². The van der Waals surface area contributed by atoms with E-state index in [1.165, 1.54) is 12.1 Å². The molecule has 0 unspecified atom stereocenters. The summed E-state index contributed by atoms with van der Waals surface area (Å²) in [5.41, 5.74) is 0.222. The summed E-state index contributed by atoms with van der Waals surface area (Å²) in [4.78, 5) is 0.